The highest BCUT2D eigenvalue weighted by Gasteiger charge is 2.34. The third-order valence-electron chi connectivity index (χ3n) is 3.05. The number of aliphatic carboxylic acids is 1. The molecule has 19 heavy (non-hydrogen) atoms. The van der Waals surface area contributed by atoms with Gasteiger partial charge in [0.1, 0.15) is 5.54 Å². The van der Waals surface area contributed by atoms with Crippen LogP contribution in [-0.2, 0) is 4.79 Å². The highest BCUT2D eigenvalue weighted by atomic mass is 127. The van der Waals surface area contributed by atoms with Crippen LogP contribution in [0.1, 0.15) is 42.6 Å². The molecule has 1 aromatic carbocycles. The Morgan fingerprint density at radius 3 is 2.53 bits per heavy atom. The molecule has 0 bridgehead atoms. The van der Waals surface area contributed by atoms with Crippen molar-refractivity contribution in [1.29, 1.82) is 0 Å². The zero-order valence-electron chi connectivity index (χ0n) is 11.3. The van der Waals surface area contributed by atoms with Gasteiger partial charge in [-0.05, 0) is 60.6 Å². The molecule has 0 radical (unpaired) electrons. The van der Waals surface area contributed by atoms with E-state index in [-0.39, 0.29) is 5.91 Å². The monoisotopic (exact) mass is 375 g/mol. The Morgan fingerprint density at radius 1 is 1.42 bits per heavy atom. The maximum absolute atomic E-state index is 12.1. The summed E-state index contributed by atoms with van der Waals surface area (Å²) >= 11 is 2.15. The van der Waals surface area contributed by atoms with Gasteiger partial charge >= 0.3 is 5.97 Å². The molecule has 0 saturated heterocycles. The number of hydrogen-bond acceptors (Lipinski definition) is 2. The fourth-order valence-electron chi connectivity index (χ4n) is 1.78. The lowest BCUT2D eigenvalue weighted by atomic mass is 9.95. The van der Waals surface area contributed by atoms with E-state index in [1.54, 1.807) is 12.1 Å². The van der Waals surface area contributed by atoms with E-state index in [1.807, 2.05) is 19.9 Å². The molecule has 0 aliphatic carbocycles. The molecule has 0 fully saturated rings. The van der Waals surface area contributed by atoms with Crippen molar-refractivity contribution >= 4 is 34.5 Å². The van der Waals surface area contributed by atoms with Crippen LogP contribution in [0.5, 0.6) is 0 Å². The van der Waals surface area contributed by atoms with Gasteiger partial charge in [0, 0.05) is 9.13 Å². The van der Waals surface area contributed by atoms with Crippen LogP contribution in [0.15, 0.2) is 18.2 Å². The summed E-state index contributed by atoms with van der Waals surface area (Å²) in [5, 5.41) is 11.9. The minimum absolute atomic E-state index is 0.351. The second kappa shape index (κ2) is 6.36. The third-order valence-corrected chi connectivity index (χ3v) is 4.21. The van der Waals surface area contributed by atoms with Crippen LogP contribution in [0.25, 0.3) is 0 Å². The molecule has 1 aromatic rings. The summed E-state index contributed by atoms with van der Waals surface area (Å²) in [6.45, 7) is 5.39. The van der Waals surface area contributed by atoms with Gasteiger partial charge in [-0.25, -0.2) is 4.79 Å². The third kappa shape index (κ3) is 3.92. The molecule has 0 spiro atoms. The van der Waals surface area contributed by atoms with Crippen molar-refractivity contribution in [3.63, 3.8) is 0 Å². The fourth-order valence-corrected chi connectivity index (χ4v) is 2.30. The van der Waals surface area contributed by atoms with Gasteiger partial charge in [-0.3, -0.25) is 4.79 Å². The van der Waals surface area contributed by atoms with E-state index in [4.69, 9.17) is 0 Å². The summed E-state index contributed by atoms with van der Waals surface area (Å²) in [7, 11) is 0. The van der Waals surface area contributed by atoms with Gasteiger partial charge < -0.3 is 10.4 Å². The van der Waals surface area contributed by atoms with Crippen LogP contribution < -0.4 is 5.32 Å². The normalized spacial score (nSPS) is 13.7. The molecule has 0 aliphatic heterocycles. The zero-order chi connectivity index (χ0) is 14.6. The molecule has 1 unspecified atom stereocenters. The van der Waals surface area contributed by atoms with E-state index in [9.17, 15) is 14.7 Å². The minimum Gasteiger partial charge on any atom is -0.480 e. The number of halogens is 1. The van der Waals surface area contributed by atoms with E-state index in [0.29, 0.717) is 18.4 Å². The van der Waals surface area contributed by atoms with Crippen molar-refractivity contribution in [2.24, 2.45) is 0 Å². The van der Waals surface area contributed by atoms with Crippen molar-refractivity contribution in [3.05, 3.63) is 32.9 Å². The van der Waals surface area contributed by atoms with E-state index in [2.05, 4.69) is 27.9 Å². The molecule has 0 aromatic heterocycles. The highest BCUT2D eigenvalue weighted by Crippen LogP contribution is 2.17. The van der Waals surface area contributed by atoms with Gasteiger partial charge in [-0.1, -0.05) is 19.4 Å². The standard InChI is InChI=1S/C14H18INO3/c1-4-7-14(3,13(18)19)16-12(17)10-6-5-9(2)11(15)8-10/h5-6,8H,4,7H2,1-3H3,(H,16,17)(H,18,19). The first-order valence-electron chi connectivity index (χ1n) is 6.12. The number of amides is 1. The first-order chi connectivity index (χ1) is 8.80. The van der Waals surface area contributed by atoms with Crippen molar-refractivity contribution in [1.82, 2.24) is 5.32 Å². The van der Waals surface area contributed by atoms with Crippen LogP contribution in [0.4, 0.5) is 0 Å². The average Bonchev–Trinajstić information content (AvgIpc) is 2.32. The summed E-state index contributed by atoms with van der Waals surface area (Å²) in [6.07, 6.45) is 1.09. The van der Waals surface area contributed by atoms with Crippen LogP contribution in [0.3, 0.4) is 0 Å². The molecule has 5 heteroatoms. The molecular formula is C14H18INO3. The highest BCUT2D eigenvalue weighted by molar-refractivity contribution is 14.1. The van der Waals surface area contributed by atoms with E-state index in [0.717, 1.165) is 9.13 Å². The summed E-state index contributed by atoms with van der Waals surface area (Å²) in [6, 6.07) is 5.33. The molecule has 104 valence electrons. The lowest BCUT2D eigenvalue weighted by Crippen LogP contribution is -2.52. The van der Waals surface area contributed by atoms with Crippen molar-refractivity contribution in [2.45, 2.75) is 39.2 Å². The van der Waals surface area contributed by atoms with Crippen LogP contribution in [0.2, 0.25) is 0 Å². The van der Waals surface area contributed by atoms with Gasteiger partial charge in [0.25, 0.3) is 5.91 Å². The van der Waals surface area contributed by atoms with Crippen molar-refractivity contribution in [3.8, 4) is 0 Å². The van der Waals surface area contributed by atoms with Crippen molar-refractivity contribution < 1.29 is 14.7 Å². The van der Waals surface area contributed by atoms with E-state index in [1.165, 1.54) is 6.92 Å². The molecule has 0 heterocycles. The number of benzene rings is 1. The molecule has 2 N–H and O–H groups in total. The number of carbonyl (C=O) groups excluding carboxylic acids is 1. The summed E-state index contributed by atoms with van der Waals surface area (Å²) < 4.78 is 0.984. The lowest BCUT2D eigenvalue weighted by molar-refractivity contribution is -0.144. The van der Waals surface area contributed by atoms with Crippen LogP contribution in [-0.4, -0.2) is 22.5 Å². The maximum Gasteiger partial charge on any atom is 0.329 e. The maximum atomic E-state index is 12.1. The number of carbonyl (C=O) groups is 2. The Kier molecular flexibility index (Phi) is 5.34. The van der Waals surface area contributed by atoms with E-state index >= 15 is 0 Å². The summed E-state index contributed by atoms with van der Waals surface area (Å²) in [4.78, 5) is 23.4. The average molecular weight is 375 g/mol. The minimum atomic E-state index is -1.22. The van der Waals surface area contributed by atoms with Gasteiger partial charge in [0.2, 0.25) is 0 Å². The lowest BCUT2D eigenvalue weighted by Gasteiger charge is -2.25. The Bertz CT molecular complexity index is 501. The fraction of sp³-hybridized carbons (Fsp3) is 0.429. The molecule has 1 amide bonds. The number of carboxylic acids is 1. The Labute approximate surface area is 126 Å². The zero-order valence-corrected chi connectivity index (χ0v) is 13.4. The SMILES string of the molecule is CCCC(C)(NC(=O)c1ccc(C)c(I)c1)C(=O)O. The van der Waals surface area contributed by atoms with Crippen LogP contribution in [0, 0.1) is 10.5 Å². The topological polar surface area (TPSA) is 66.4 Å². The molecule has 4 nitrogen and oxygen atoms in total. The molecule has 1 rings (SSSR count). The van der Waals surface area contributed by atoms with Gasteiger partial charge in [0.05, 0.1) is 0 Å². The van der Waals surface area contributed by atoms with E-state index < -0.39 is 11.5 Å². The Balaban J connectivity index is 2.94. The first kappa shape index (κ1) is 15.9. The number of hydrogen-bond donors (Lipinski definition) is 2. The second-order valence-corrected chi connectivity index (χ2v) is 5.97. The first-order valence-corrected chi connectivity index (χ1v) is 7.20. The number of nitrogens with one attached hydrogen (secondary N) is 1. The number of carboxylic acid groups (broad SMARTS) is 1. The summed E-state index contributed by atoms with van der Waals surface area (Å²) in [5.41, 5.74) is 0.354. The second-order valence-electron chi connectivity index (χ2n) is 4.81. The Hall–Kier alpha value is -1.11. The van der Waals surface area contributed by atoms with Crippen molar-refractivity contribution in [2.75, 3.05) is 0 Å². The van der Waals surface area contributed by atoms with Gasteiger partial charge in [-0.15, -0.1) is 0 Å². The smallest absolute Gasteiger partial charge is 0.329 e. The van der Waals surface area contributed by atoms with Crippen LogP contribution >= 0.6 is 22.6 Å². The molecule has 0 saturated carbocycles. The number of aryl methyl sites for hydroxylation is 1. The Morgan fingerprint density at radius 2 is 2.05 bits per heavy atom. The predicted molar refractivity (Wildman–Crippen MR) is 82.3 cm³/mol. The molecule has 0 aliphatic rings. The van der Waals surface area contributed by atoms with Gasteiger partial charge in [-0.2, -0.15) is 0 Å². The molecular weight excluding hydrogens is 357 g/mol. The van der Waals surface area contributed by atoms with Gasteiger partial charge in [0.15, 0.2) is 0 Å². The summed E-state index contributed by atoms with van der Waals surface area (Å²) in [5.74, 6) is -1.36. The largest absolute Gasteiger partial charge is 0.480 e. The molecule has 1 atom stereocenters. The number of rotatable bonds is 5. The predicted octanol–water partition coefficient (Wildman–Crippen LogP) is 2.97. The quantitative estimate of drug-likeness (QED) is 0.778.